The number of carbonyl (C=O) groups is 1. The van der Waals surface area contributed by atoms with Crippen molar-refractivity contribution in [3.8, 4) is 0 Å². The van der Waals surface area contributed by atoms with Gasteiger partial charge in [-0.25, -0.2) is 4.79 Å². The van der Waals surface area contributed by atoms with E-state index in [1.807, 2.05) is 0 Å². The SMILES string of the molecule is CC(C)=CCC/C(C)=C/CC/C(C)=C/CC/C(C)=C/COC(=O)NC12CC3CC(C)(CC(C)(C3)C1)C2. The fraction of sp³-hybridized carbons (Fsp3) is 0.727. The molecule has 36 heavy (non-hydrogen) atoms. The number of amides is 1. The van der Waals surface area contributed by atoms with Crippen LogP contribution in [-0.4, -0.2) is 18.2 Å². The Morgan fingerprint density at radius 3 is 1.75 bits per heavy atom. The van der Waals surface area contributed by atoms with Crippen molar-refractivity contribution in [2.45, 2.75) is 131 Å². The first-order valence-corrected chi connectivity index (χ1v) is 14.5. The van der Waals surface area contributed by atoms with Crippen molar-refractivity contribution in [3.05, 3.63) is 46.6 Å². The Kier molecular flexibility index (Phi) is 9.74. The lowest BCUT2D eigenvalue weighted by atomic mass is 9.43. The van der Waals surface area contributed by atoms with Crippen molar-refractivity contribution in [1.29, 1.82) is 0 Å². The molecule has 1 N–H and O–H groups in total. The summed E-state index contributed by atoms with van der Waals surface area (Å²) in [5.74, 6) is 0.766. The van der Waals surface area contributed by atoms with Crippen LogP contribution in [0.5, 0.6) is 0 Å². The maximum atomic E-state index is 12.7. The van der Waals surface area contributed by atoms with E-state index in [1.165, 1.54) is 41.6 Å². The number of nitrogens with one attached hydrogen (secondary N) is 1. The van der Waals surface area contributed by atoms with E-state index in [-0.39, 0.29) is 11.6 Å². The van der Waals surface area contributed by atoms with Gasteiger partial charge in [-0.05, 0) is 134 Å². The quantitative estimate of drug-likeness (QED) is 0.274. The average Bonchev–Trinajstić information content (AvgIpc) is 2.70. The molecule has 0 radical (unpaired) electrons. The zero-order valence-electron chi connectivity index (χ0n) is 24.4. The molecule has 202 valence electrons. The summed E-state index contributed by atoms with van der Waals surface area (Å²) in [7, 11) is 0. The summed E-state index contributed by atoms with van der Waals surface area (Å²) in [6.07, 6.45) is 22.9. The topological polar surface area (TPSA) is 38.3 Å². The molecule has 4 bridgehead atoms. The fourth-order valence-electron chi connectivity index (χ4n) is 8.09. The molecular weight excluding hydrogens is 442 g/mol. The van der Waals surface area contributed by atoms with E-state index < -0.39 is 0 Å². The maximum absolute atomic E-state index is 12.7. The highest BCUT2D eigenvalue weighted by Crippen LogP contribution is 2.66. The highest BCUT2D eigenvalue weighted by Gasteiger charge is 2.60. The molecule has 4 aliphatic carbocycles. The summed E-state index contributed by atoms with van der Waals surface area (Å²) in [6, 6.07) is 0. The molecule has 4 aliphatic rings. The van der Waals surface area contributed by atoms with Gasteiger partial charge in [0.1, 0.15) is 6.61 Å². The van der Waals surface area contributed by atoms with Crippen LogP contribution in [-0.2, 0) is 4.74 Å². The lowest BCUT2D eigenvalue weighted by Crippen LogP contribution is -2.65. The monoisotopic (exact) mass is 495 g/mol. The lowest BCUT2D eigenvalue weighted by Gasteiger charge is -2.65. The predicted octanol–water partition coefficient (Wildman–Crippen LogP) is 9.61. The lowest BCUT2D eigenvalue weighted by molar-refractivity contribution is -0.115. The molecule has 0 aromatic rings. The highest BCUT2D eigenvalue weighted by molar-refractivity contribution is 5.68. The number of ether oxygens (including phenoxy) is 1. The molecule has 0 aromatic heterocycles. The van der Waals surface area contributed by atoms with Crippen molar-refractivity contribution in [1.82, 2.24) is 5.32 Å². The van der Waals surface area contributed by atoms with Crippen LogP contribution in [0, 0.1) is 16.7 Å². The third kappa shape index (κ3) is 8.67. The summed E-state index contributed by atoms with van der Waals surface area (Å²) in [6.45, 7) is 16.2. The zero-order valence-corrected chi connectivity index (χ0v) is 24.4. The zero-order chi connectivity index (χ0) is 26.4. The minimum absolute atomic E-state index is 0.0413. The summed E-state index contributed by atoms with van der Waals surface area (Å²) >= 11 is 0. The van der Waals surface area contributed by atoms with Crippen LogP contribution in [0.15, 0.2) is 46.6 Å². The van der Waals surface area contributed by atoms with Crippen LogP contribution in [0.4, 0.5) is 4.79 Å². The second-order valence-corrected chi connectivity index (χ2v) is 13.7. The van der Waals surface area contributed by atoms with Gasteiger partial charge in [0.15, 0.2) is 0 Å². The van der Waals surface area contributed by atoms with Crippen LogP contribution in [0.3, 0.4) is 0 Å². The number of alkyl carbamates (subject to hydrolysis) is 1. The highest BCUT2D eigenvalue weighted by atomic mass is 16.5. The number of carbonyl (C=O) groups excluding carboxylic acids is 1. The van der Waals surface area contributed by atoms with Crippen molar-refractivity contribution in [2.75, 3.05) is 6.61 Å². The molecule has 3 nitrogen and oxygen atoms in total. The maximum Gasteiger partial charge on any atom is 0.407 e. The molecule has 0 spiro atoms. The summed E-state index contributed by atoms with van der Waals surface area (Å²) in [5.41, 5.74) is 6.40. The van der Waals surface area contributed by atoms with E-state index in [2.05, 4.69) is 78.1 Å². The van der Waals surface area contributed by atoms with Gasteiger partial charge in [-0.1, -0.05) is 54.4 Å². The van der Waals surface area contributed by atoms with Gasteiger partial charge >= 0.3 is 6.09 Å². The normalized spacial score (nSPS) is 32.0. The Morgan fingerprint density at radius 1 is 0.750 bits per heavy atom. The number of hydrogen-bond acceptors (Lipinski definition) is 2. The van der Waals surface area contributed by atoms with Gasteiger partial charge in [0.2, 0.25) is 0 Å². The molecule has 2 unspecified atom stereocenters. The first-order valence-electron chi connectivity index (χ1n) is 14.5. The molecule has 4 saturated carbocycles. The van der Waals surface area contributed by atoms with E-state index >= 15 is 0 Å². The summed E-state index contributed by atoms with van der Waals surface area (Å²) in [5, 5.41) is 3.34. The molecule has 1 amide bonds. The molecular formula is C33H53NO2. The molecule has 0 saturated heterocycles. The van der Waals surface area contributed by atoms with Crippen LogP contribution in [0.1, 0.15) is 126 Å². The van der Waals surface area contributed by atoms with Crippen molar-refractivity contribution < 1.29 is 9.53 Å². The molecule has 4 fully saturated rings. The standard InChI is InChI=1S/C33H53NO2/c1-25(2)11-8-12-26(3)13-9-14-27(4)15-10-16-28(5)17-18-36-30(35)34-33-21-29-19-31(6,23-33)22-32(7,20-29)24-33/h11,13,15,17,29H,8-10,12,14,16,18-24H2,1-7H3,(H,34,35)/b26-13+,27-15+,28-17+. The van der Waals surface area contributed by atoms with Gasteiger partial charge in [0.05, 0.1) is 0 Å². The number of rotatable bonds is 12. The largest absolute Gasteiger partial charge is 0.445 e. The average molecular weight is 496 g/mol. The smallest absolute Gasteiger partial charge is 0.407 e. The fourth-order valence-corrected chi connectivity index (χ4v) is 8.09. The van der Waals surface area contributed by atoms with Gasteiger partial charge in [-0.15, -0.1) is 0 Å². The Morgan fingerprint density at radius 2 is 1.25 bits per heavy atom. The molecule has 0 heterocycles. The second-order valence-electron chi connectivity index (χ2n) is 13.7. The number of allylic oxidation sites excluding steroid dienone is 7. The Balaban J connectivity index is 1.33. The first-order chi connectivity index (χ1) is 16.9. The van der Waals surface area contributed by atoms with Crippen LogP contribution >= 0.6 is 0 Å². The van der Waals surface area contributed by atoms with E-state index in [0.29, 0.717) is 17.4 Å². The van der Waals surface area contributed by atoms with Gasteiger partial charge in [0, 0.05) is 5.54 Å². The van der Waals surface area contributed by atoms with Crippen molar-refractivity contribution in [3.63, 3.8) is 0 Å². The third-order valence-corrected chi connectivity index (χ3v) is 8.79. The predicted molar refractivity (Wildman–Crippen MR) is 153 cm³/mol. The Labute approximate surface area is 221 Å². The van der Waals surface area contributed by atoms with Gasteiger partial charge in [-0.2, -0.15) is 0 Å². The molecule has 2 atom stereocenters. The van der Waals surface area contributed by atoms with E-state index in [9.17, 15) is 4.79 Å². The Hall–Kier alpha value is -1.77. The minimum Gasteiger partial charge on any atom is -0.445 e. The van der Waals surface area contributed by atoms with Crippen LogP contribution in [0.25, 0.3) is 0 Å². The van der Waals surface area contributed by atoms with E-state index in [0.717, 1.165) is 63.7 Å². The van der Waals surface area contributed by atoms with Gasteiger partial charge in [0.25, 0.3) is 0 Å². The molecule has 0 aromatic carbocycles. The minimum atomic E-state index is -0.229. The van der Waals surface area contributed by atoms with E-state index in [4.69, 9.17) is 4.74 Å². The summed E-state index contributed by atoms with van der Waals surface area (Å²) < 4.78 is 5.61. The second kappa shape index (κ2) is 12.2. The van der Waals surface area contributed by atoms with E-state index in [1.54, 1.807) is 0 Å². The van der Waals surface area contributed by atoms with Gasteiger partial charge in [-0.3, -0.25) is 0 Å². The van der Waals surface area contributed by atoms with Crippen molar-refractivity contribution >= 4 is 6.09 Å². The third-order valence-electron chi connectivity index (χ3n) is 8.79. The van der Waals surface area contributed by atoms with Crippen molar-refractivity contribution in [2.24, 2.45) is 16.7 Å². The molecule has 0 aliphatic heterocycles. The summed E-state index contributed by atoms with van der Waals surface area (Å²) in [4.78, 5) is 12.7. The van der Waals surface area contributed by atoms with Crippen LogP contribution in [0.2, 0.25) is 0 Å². The first kappa shape index (κ1) is 28.8. The number of hydrogen-bond donors (Lipinski definition) is 1. The molecule has 3 heteroatoms. The molecule has 4 rings (SSSR count). The Bertz CT molecular complexity index is 883. The van der Waals surface area contributed by atoms with Gasteiger partial charge < -0.3 is 10.1 Å². The van der Waals surface area contributed by atoms with Crippen LogP contribution < -0.4 is 5.32 Å².